The average molecular weight is 282 g/mol. The van der Waals surface area contributed by atoms with Crippen molar-refractivity contribution >= 4 is 15.7 Å². The third-order valence-corrected chi connectivity index (χ3v) is 5.96. The van der Waals surface area contributed by atoms with E-state index in [2.05, 4.69) is 0 Å². The molecule has 0 spiro atoms. The summed E-state index contributed by atoms with van der Waals surface area (Å²) in [4.78, 5) is 0.365. The first-order valence-corrected chi connectivity index (χ1v) is 8.27. The molecule has 1 aromatic rings. The number of nitrogens with zero attached hydrogens (tertiary/aromatic N) is 1. The molecule has 0 saturated heterocycles. The highest BCUT2D eigenvalue weighted by atomic mass is 32.2. The zero-order valence-corrected chi connectivity index (χ0v) is 12.4. The van der Waals surface area contributed by atoms with Crippen molar-refractivity contribution in [3.8, 4) is 0 Å². The molecule has 2 rings (SSSR count). The maximum absolute atomic E-state index is 12.7. The molecular weight excluding hydrogens is 260 g/mol. The van der Waals surface area contributed by atoms with E-state index in [0.29, 0.717) is 17.0 Å². The summed E-state index contributed by atoms with van der Waals surface area (Å²) in [5.41, 5.74) is 7.08. The van der Waals surface area contributed by atoms with Crippen molar-refractivity contribution in [2.24, 2.45) is 0 Å². The van der Waals surface area contributed by atoms with Gasteiger partial charge in [0.15, 0.2) is 0 Å². The van der Waals surface area contributed by atoms with Gasteiger partial charge in [-0.1, -0.05) is 25.8 Å². The van der Waals surface area contributed by atoms with Crippen LogP contribution in [0.15, 0.2) is 23.1 Å². The van der Waals surface area contributed by atoms with Crippen molar-refractivity contribution < 1.29 is 8.42 Å². The Morgan fingerprint density at radius 2 is 1.95 bits per heavy atom. The smallest absolute Gasteiger partial charge is 0.243 e. The molecular formula is C14H22N2O2S. The Hall–Kier alpha value is -1.07. The lowest BCUT2D eigenvalue weighted by Crippen LogP contribution is -2.35. The van der Waals surface area contributed by atoms with Crippen molar-refractivity contribution in [3.63, 3.8) is 0 Å². The van der Waals surface area contributed by atoms with E-state index >= 15 is 0 Å². The van der Waals surface area contributed by atoms with Crippen molar-refractivity contribution in [1.82, 2.24) is 4.31 Å². The average Bonchev–Trinajstić information content (AvgIpc) is 2.91. The molecule has 19 heavy (non-hydrogen) atoms. The van der Waals surface area contributed by atoms with Crippen LogP contribution >= 0.6 is 0 Å². The largest absolute Gasteiger partial charge is 0.399 e. The number of hydrogen-bond donors (Lipinski definition) is 1. The molecule has 2 N–H and O–H groups in total. The van der Waals surface area contributed by atoms with Crippen molar-refractivity contribution in [3.05, 3.63) is 23.8 Å². The lowest BCUT2D eigenvalue weighted by molar-refractivity contribution is 0.372. The van der Waals surface area contributed by atoms with Gasteiger partial charge in [0, 0.05) is 18.8 Å². The molecule has 5 heteroatoms. The highest BCUT2D eigenvalue weighted by Gasteiger charge is 2.31. The monoisotopic (exact) mass is 282 g/mol. The van der Waals surface area contributed by atoms with Crippen molar-refractivity contribution in [1.29, 1.82) is 0 Å². The van der Waals surface area contributed by atoms with Crippen LogP contribution in [0.3, 0.4) is 0 Å². The fraction of sp³-hybridized carbons (Fsp3) is 0.571. The second-order valence-corrected chi connectivity index (χ2v) is 7.15. The molecule has 0 aromatic heterocycles. The quantitative estimate of drug-likeness (QED) is 0.862. The van der Waals surface area contributed by atoms with E-state index in [-0.39, 0.29) is 6.04 Å². The SMILES string of the molecule is CCc1ccc(N)cc1S(=O)(=O)N(C)C1CCCC1. The molecule has 1 aliphatic rings. The Kier molecular flexibility index (Phi) is 4.16. The first-order valence-electron chi connectivity index (χ1n) is 6.83. The topological polar surface area (TPSA) is 63.4 Å². The lowest BCUT2D eigenvalue weighted by atomic mass is 10.1. The summed E-state index contributed by atoms with van der Waals surface area (Å²) in [6.45, 7) is 1.96. The fourth-order valence-corrected chi connectivity index (χ4v) is 4.46. The molecule has 0 amide bonds. The van der Waals surface area contributed by atoms with Crippen LogP contribution in [-0.4, -0.2) is 25.8 Å². The van der Waals surface area contributed by atoms with Gasteiger partial charge in [-0.3, -0.25) is 0 Å². The summed E-state index contributed by atoms with van der Waals surface area (Å²) in [6, 6.07) is 5.29. The number of nitrogens with two attached hydrogens (primary N) is 1. The van der Waals surface area contributed by atoms with Gasteiger partial charge in [0.25, 0.3) is 0 Å². The highest BCUT2D eigenvalue weighted by molar-refractivity contribution is 7.89. The van der Waals surface area contributed by atoms with E-state index in [0.717, 1.165) is 31.2 Å². The first-order chi connectivity index (χ1) is 8.96. The van der Waals surface area contributed by atoms with Gasteiger partial charge in [-0.15, -0.1) is 0 Å². The minimum absolute atomic E-state index is 0.135. The van der Waals surface area contributed by atoms with Gasteiger partial charge in [-0.25, -0.2) is 8.42 Å². The second-order valence-electron chi connectivity index (χ2n) is 5.18. The third kappa shape index (κ3) is 2.77. The van der Waals surface area contributed by atoms with Crippen molar-refractivity contribution in [2.45, 2.75) is 50.0 Å². The van der Waals surface area contributed by atoms with Crippen LogP contribution < -0.4 is 5.73 Å². The van der Waals surface area contributed by atoms with Gasteiger partial charge in [-0.2, -0.15) is 4.31 Å². The molecule has 0 radical (unpaired) electrons. The minimum Gasteiger partial charge on any atom is -0.399 e. The lowest BCUT2D eigenvalue weighted by Gasteiger charge is -2.25. The molecule has 1 fully saturated rings. The Morgan fingerprint density at radius 1 is 1.32 bits per heavy atom. The number of rotatable bonds is 4. The summed E-state index contributed by atoms with van der Waals surface area (Å²) < 4.78 is 27.0. The van der Waals surface area contributed by atoms with Gasteiger partial charge in [0.2, 0.25) is 10.0 Å². The summed E-state index contributed by atoms with van der Waals surface area (Å²) in [5.74, 6) is 0. The van der Waals surface area contributed by atoms with Crippen LogP contribution in [-0.2, 0) is 16.4 Å². The van der Waals surface area contributed by atoms with Crippen LogP contribution in [0.4, 0.5) is 5.69 Å². The van der Waals surface area contributed by atoms with E-state index in [1.807, 2.05) is 13.0 Å². The molecule has 106 valence electrons. The van der Waals surface area contributed by atoms with Crippen LogP contribution in [0.1, 0.15) is 38.2 Å². The molecule has 1 saturated carbocycles. The predicted octanol–water partition coefficient (Wildman–Crippen LogP) is 2.39. The Morgan fingerprint density at radius 3 is 2.53 bits per heavy atom. The summed E-state index contributed by atoms with van der Waals surface area (Å²) in [7, 11) is -1.75. The van der Waals surface area contributed by atoms with Gasteiger partial charge < -0.3 is 5.73 Å². The summed E-state index contributed by atoms with van der Waals surface area (Å²) >= 11 is 0. The zero-order valence-electron chi connectivity index (χ0n) is 11.6. The normalized spacial score (nSPS) is 17.2. The third-order valence-electron chi connectivity index (χ3n) is 3.97. The van der Waals surface area contributed by atoms with Crippen LogP contribution in [0.5, 0.6) is 0 Å². The van der Waals surface area contributed by atoms with E-state index in [4.69, 9.17) is 5.73 Å². The molecule has 0 unspecified atom stereocenters. The number of sulfonamides is 1. The number of aryl methyl sites for hydroxylation is 1. The van der Waals surface area contributed by atoms with Crippen LogP contribution in [0, 0.1) is 0 Å². The Balaban J connectivity index is 2.40. The maximum atomic E-state index is 12.7. The minimum atomic E-state index is -3.43. The number of nitrogen functional groups attached to an aromatic ring is 1. The number of benzene rings is 1. The summed E-state index contributed by atoms with van der Waals surface area (Å²) in [5, 5.41) is 0. The van der Waals surface area contributed by atoms with E-state index in [9.17, 15) is 8.42 Å². The van der Waals surface area contributed by atoms with E-state index < -0.39 is 10.0 Å². The molecule has 0 aliphatic heterocycles. The highest BCUT2D eigenvalue weighted by Crippen LogP contribution is 2.29. The molecule has 1 aliphatic carbocycles. The Labute approximate surface area is 115 Å². The Bertz CT molecular complexity index is 549. The van der Waals surface area contributed by atoms with Gasteiger partial charge in [0.05, 0.1) is 4.90 Å². The molecule has 0 atom stereocenters. The number of hydrogen-bond acceptors (Lipinski definition) is 3. The summed E-state index contributed by atoms with van der Waals surface area (Å²) in [6.07, 6.45) is 4.83. The molecule has 4 nitrogen and oxygen atoms in total. The number of anilines is 1. The van der Waals surface area contributed by atoms with E-state index in [1.54, 1.807) is 19.2 Å². The zero-order chi connectivity index (χ0) is 14.0. The molecule has 0 bridgehead atoms. The molecule has 0 heterocycles. The predicted molar refractivity (Wildman–Crippen MR) is 77.4 cm³/mol. The van der Waals surface area contributed by atoms with Gasteiger partial charge >= 0.3 is 0 Å². The van der Waals surface area contributed by atoms with Crippen LogP contribution in [0.25, 0.3) is 0 Å². The standard InChI is InChI=1S/C14H22N2O2S/c1-3-11-8-9-12(15)10-14(11)19(17,18)16(2)13-6-4-5-7-13/h8-10,13H,3-7,15H2,1-2H3. The van der Waals surface area contributed by atoms with Gasteiger partial charge in [0.1, 0.15) is 0 Å². The fourth-order valence-electron chi connectivity index (χ4n) is 2.72. The van der Waals surface area contributed by atoms with E-state index in [1.165, 1.54) is 4.31 Å². The first kappa shape index (κ1) is 14.3. The van der Waals surface area contributed by atoms with Crippen LogP contribution in [0.2, 0.25) is 0 Å². The maximum Gasteiger partial charge on any atom is 0.243 e. The molecule has 1 aromatic carbocycles. The van der Waals surface area contributed by atoms with Gasteiger partial charge in [-0.05, 0) is 37.0 Å². The van der Waals surface area contributed by atoms with Crippen molar-refractivity contribution in [2.75, 3.05) is 12.8 Å². The second kappa shape index (κ2) is 5.51.